The topological polar surface area (TPSA) is 62.1 Å². The second-order valence-corrected chi connectivity index (χ2v) is 7.30. The van der Waals surface area contributed by atoms with Gasteiger partial charge in [-0.2, -0.15) is 0 Å². The monoisotopic (exact) mass is 430 g/mol. The van der Waals surface area contributed by atoms with Gasteiger partial charge in [-0.15, -0.1) is 0 Å². The van der Waals surface area contributed by atoms with Crippen molar-refractivity contribution in [3.8, 4) is 5.75 Å². The van der Waals surface area contributed by atoms with E-state index in [4.69, 9.17) is 4.74 Å². The Morgan fingerprint density at radius 3 is 2.73 bits per heavy atom. The number of methoxy groups -OCH3 is 1. The molecule has 3 rings (SSSR count). The standard InChI is InChI=1S/C15H16Br2N2O3/c1-19-13(20)12(15(14(19)21)4-3-5-18-15)8-6-11(22-2)10(17)7-9(8)16/h5-7,12-13,20H,3-4H2,1-2H3/t12-,13-,15-/m0/s1. The number of carbonyl (C=O) groups excluding carboxylic acids is 1. The fourth-order valence-electron chi connectivity index (χ4n) is 3.36. The van der Waals surface area contributed by atoms with Gasteiger partial charge >= 0.3 is 0 Å². The van der Waals surface area contributed by atoms with Crippen LogP contribution in [0.15, 0.2) is 26.1 Å². The molecule has 0 bridgehead atoms. The summed E-state index contributed by atoms with van der Waals surface area (Å²) in [5.74, 6) is 0.0946. The Balaban J connectivity index is 2.17. The summed E-state index contributed by atoms with van der Waals surface area (Å²) < 4.78 is 6.97. The zero-order chi connectivity index (χ0) is 16.1. The lowest BCUT2D eigenvalue weighted by Crippen LogP contribution is -2.38. The normalized spacial score (nSPS) is 30.6. The molecule has 3 atom stereocenters. The Hall–Kier alpha value is -0.920. The molecule has 1 N–H and O–H groups in total. The molecule has 118 valence electrons. The fraction of sp³-hybridized carbons (Fsp3) is 0.467. The van der Waals surface area contributed by atoms with Gasteiger partial charge in [0.2, 0.25) is 0 Å². The third-order valence-corrected chi connectivity index (χ3v) is 5.79. The summed E-state index contributed by atoms with van der Waals surface area (Å²) >= 11 is 6.98. The van der Waals surface area contributed by atoms with Crippen molar-refractivity contribution >= 4 is 44.0 Å². The lowest BCUT2D eigenvalue weighted by Gasteiger charge is -2.28. The van der Waals surface area contributed by atoms with Gasteiger partial charge in [0.1, 0.15) is 12.0 Å². The van der Waals surface area contributed by atoms with Crippen molar-refractivity contribution in [2.45, 2.75) is 30.5 Å². The van der Waals surface area contributed by atoms with Crippen molar-refractivity contribution in [1.29, 1.82) is 0 Å². The molecule has 1 aromatic carbocycles. The third kappa shape index (κ3) is 2.13. The van der Waals surface area contributed by atoms with E-state index in [2.05, 4.69) is 36.9 Å². The lowest BCUT2D eigenvalue weighted by molar-refractivity contribution is -0.134. The number of hydrogen-bond acceptors (Lipinski definition) is 4. The van der Waals surface area contributed by atoms with Gasteiger partial charge < -0.3 is 14.7 Å². The highest BCUT2D eigenvalue weighted by Gasteiger charge is 2.59. The van der Waals surface area contributed by atoms with Crippen LogP contribution in [-0.4, -0.2) is 48.1 Å². The quantitative estimate of drug-likeness (QED) is 0.782. The molecule has 5 nitrogen and oxygen atoms in total. The number of ether oxygens (including phenoxy) is 1. The number of carbonyl (C=O) groups is 1. The molecule has 2 heterocycles. The van der Waals surface area contributed by atoms with Gasteiger partial charge in [0.25, 0.3) is 5.91 Å². The van der Waals surface area contributed by atoms with Gasteiger partial charge in [0, 0.05) is 17.7 Å². The molecular weight excluding hydrogens is 416 g/mol. The summed E-state index contributed by atoms with van der Waals surface area (Å²) in [6, 6.07) is 3.72. The Labute approximate surface area is 145 Å². The second kappa shape index (κ2) is 5.62. The number of benzene rings is 1. The Kier molecular flexibility index (Phi) is 4.07. The van der Waals surface area contributed by atoms with Crippen molar-refractivity contribution < 1.29 is 14.6 Å². The van der Waals surface area contributed by atoms with E-state index in [9.17, 15) is 9.90 Å². The second-order valence-electron chi connectivity index (χ2n) is 5.59. The third-order valence-electron chi connectivity index (χ3n) is 4.48. The van der Waals surface area contributed by atoms with E-state index in [1.807, 2.05) is 12.1 Å². The van der Waals surface area contributed by atoms with Crippen LogP contribution in [-0.2, 0) is 4.79 Å². The van der Waals surface area contributed by atoms with E-state index < -0.39 is 17.7 Å². The smallest absolute Gasteiger partial charge is 0.253 e. The summed E-state index contributed by atoms with van der Waals surface area (Å²) in [4.78, 5) is 18.5. The van der Waals surface area contributed by atoms with Gasteiger partial charge in [-0.25, -0.2) is 0 Å². The Morgan fingerprint density at radius 1 is 1.41 bits per heavy atom. The molecule has 2 aliphatic heterocycles. The highest BCUT2D eigenvalue weighted by molar-refractivity contribution is 9.11. The molecule has 1 spiro atoms. The first-order valence-electron chi connectivity index (χ1n) is 6.94. The van der Waals surface area contributed by atoms with Crippen LogP contribution < -0.4 is 4.74 Å². The van der Waals surface area contributed by atoms with Crippen LogP contribution in [0.4, 0.5) is 0 Å². The zero-order valence-corrected chi connectivity index (χ0v) is 15.4. The molecule has 0 aromatic heterocycles. The lowest BCUT2D eigenvalue weighted by atomic mass is 9.79. The maximum Gasteiger partial charge on any atom is 0.253 e. The first kappa shape index (κ1) is 16.0. The number of aliphatic hydroxyl groups excluding tert-OH is 1. The van der Waals surface area contributed by atoms with Crippen LogP contribution in [0.2, 0.25) is 0 Å². The van der Waals surface area contributed by atoms with Crippen LogP contribution in [0.5, 0.6) is 5.75 Å². The van der Waals surface area contributed by atoms with Crippen LogP contribution in [0.25, 0.3) is 0 Å². The van der Waals surface area contributed by atoms with Crippen molar-refractivity contribution in [1.82, 2.24) is 4.90 Å². The largest absolute Gasteiger partial charge is 0.496 e. The highest BCUT2D eigenvalue weighted by Crippen LogP contribution is 2.50. The van der Waals surface area contributed by atoms with Crippen molar-refractivity contribution in [2.75, 3.05) is 14.2 Å². The number of hydrogen-bond donors (Lipinski definition) is 1. The Bertz CT molecular complexity index is 664. The molecule has 1 saturated heterocycles. The minimum atomic E-state index is -0.912. The predicted molar refractivity (Wildman–Crippen MR) is 90.4 cm³/mol. The summed E-state index contributed by atoms with van der Waals surface area (Å²) in [5, 5.41) is 10.6. The van der Waals surface area contributed by atoms with E-state index in [0.29, 0.717) is 12.2 Å². The SMILES string of the molecule is COc1cc([C@H]2[C@H](O)N(C)C(=O)[C@]23CCC=N3)c(Br)cc1Br. The van der Waals surface area contributed by atoms with Gasteiger partial charge in [-0.05, 0) is 46.5 Å². The number of likely N-dealkylation sites (tertiary alicyclic amines) is 1. The average Bonchev–Trinajstić information content (AvgIpc) is 3.03. The van der Waals surface area contributed by atoms with Gasteiger partial charge in [0.05, 0.1) is 17.5 Å². The summed E-state index contributed by atoms with van der Waals surface area (Å²) in [6.07, 6.45) is 2.22. The molecule has 22 heavy (non-hydrogen) atoms. The van der Waals surface area contributed by atoms with Crippen molar-refractivity contribution in [2.24, 2.45) is 4.99 Å². The number of halogens is 2. The molecule has 1 aromatic rings. The number of rotatable bonds is 2. The molecule has 0 unspecified atom stereocenters. The number of aliphatic imine (C=N–C) groups is 1. The van der Waals surface area contributed by atoms with E-state index in [-0.39, 0.29) is 5.91 Å². The molecule has 0 aliphatic carbocycles. The zero-order valence-electron chi connectivity index (χ0n) is 12.2. The van der Waals surface area contributed by atoms with E-state index in [1.165, 1.54) is 4.90 Å². The van der Waals surface area contributed by atoms with E-state index in [0.717, 1.165) is 20.9 Å². The van der Waals surface area contributed by atoms with Gasteiger partial charge in [-0.1, -0.05) is 15.9 Å². The first-order valence-corrected chi connectivity index (χ1v) is 8.53. The number of aliphatic hydroxyl groups is 1. The first-order chi connectivity index (χ1) is 10.4. The van der Waals surface area contributed by atoms with E-state index >= 15 is 0 Å². The maximum absolute atomic E-state index is 12.7. The molecule has 2 aliphatic rings. The molecule has 1 amide bonds. The van der Waals surface area contributed by atoms with E-state index in [1.54, 1.807) is 20.4 Å². The number of nitrogens with zero attached hydrogens (tertiary/aromatic N) is 2. The molecule has 0 saturated carbocycles. The van der Waals surface area contributed by atoms with Crippen molar-refractivity contribution in [3.05, 3.63) is 26.6 Å². The number of likely N-dealkylation sites (N-methyl/N-ethyl adjacent to an activating group) is 1. The number of amides is 1. The minimum absolute atomic E-state index is 0.132. The molecular formula is C15H16Br2N2O3. The minimum Gasteiger partial charge on any atom is -0.496 e. The molecule has 7 heteroatoms. The maximum atomic E-state index is 12.7. The van der Waals surface area contributed by atoms with Crippen LogP contribution >= 0.6 is 31.9 Å². The van der Waals surface area contributed by atoms with Gasteiger partial charge in [-0.3, -0.25) is 9.79 Å². The average molecular weight is 432 g/mol. The van der Waals surface area contributed by atoms with Gasteiger partial charge in [0.15, 0.2) is 5.54 Å². The Morgan fingerprint density at radius 2 is 2.14 bits per heavy atom. The molecule has 1 fully saturated rings. The highest BCUT2D eigenvalue weighted by atomic mass is 79.9. The summed E-state index contributed by atoms with van der Waals surface area (Å²) in [5.41, 5.74) is -0.0838. The van der Waals surface area contributed by atoms with Crippen LogP contribution in [0.3, 0.4) is 0 Å². The van der Waals surface area contributed by atoms with Crippen LogP contribution in [0, 0.1) is 0 Å². The summed E-state index contributed by atoms with van der Waals surface area (Å²) in [7, 11) is 3.20. The molecule has 0 radical (unpaired) electrons. The summed E-state index contributed by atoms with van der Waals surface area (Å²) in [6.45, 7) is 0. The fourth-order valence-corrected chi connectivity index (χ4v) is 4.76. The van der Waals surface area contributed by atoms with Crippen LogP contribution in [0.1, 0.15) is 24.3 Å². The van der Waals surface area contributed by atoms with Crippen molar-refractivity contribution in [3.63, 3.8) is 0 Å². The predicted octanol–water partition coefficient (Wildman–Crippen LogP) is 2.70.